The number of hydrogen-bond donors (Lipinski definition) is 1. The smallest absolute Gasteiger partial charge is 0.253 e. The van der Waals surface area contributed by atoms with Crippen molar-refractivity contribution in [2.24, 2.45) is 5.92 Å². The predicted molar refractivity (Wildman–Crippen MR) is 91.9 cm³/mol. The molecule has 0 aromatic carbocycles. The third-order valence-electron chi connectivity index (χ3n) is 5.11. The summed E-state index contributed by atoms with van der Waals surface area (Å²) < 4.78 is 2.31. The van der Waals surface area contributed by atoms with E-state index in [-0.39, 0.29) is 11.9 Å². The van der Waals surface area contributed by atoms with Crippen molar-refractivity contribution in [1.82, 2.24) is 19.9 Å². The van der Waals surface area contributed by atoms with Gasteiger partial charge < -0.3 is 9.88 Å². The first-order valence-corrected chi connectivity index (χ1v) is 8.83. The number of nitrogens with one attached hydrogen (secondary N) is 1. The van der Waals surface area contributed by atoms with Crippen LogP contribution < -0.4 is 5.32 Å². The second-order valence-corrected chi connectivity index (χ2v) is 7.23. The molecule has 2 saturated carbocycles. The Morgan fingerprint density at radius 3 is 2.62 bits per heavy atom. The Hall–Kier alpha value is -2.17. The Labute approximate surface area is 142 Å². The van der Waals surface area contributed by atoms with Crippen LogP contribution in [0, 0.1) is 26.7 Å². The fourth-order valence-corrected chi connectivity index (χ4v) is 3.56. The molecule has 2 heterocycles. The number of carbonyl (C=O) groups excluding carboxylic acids is 1. The van der Waals surface area contributed by atoms with Crippen LogP contribution in [0.3, 0.4) is 0 Å². The van der Waals surface area contributed by atoms with Gasteiger partial charge in [0.2, 0.25) is 0 Å². The van der Waals surface area contributed by atoms with Crippen molar-refractivity contribution in [3.8, 4) is 0 Å². The summed E-state index contributed by atoms with van der Waals surface area (Å²) in [5, 5.41) is 3.20. The molecule has 0 radical (unpaired) electrons. The molecular formula is C19H24N4O. The lowest BCUT2D eigenvalue weighted by molar-refractivity contribution is 0.0928. The van der Waals surface area contributed by atoms with Crippen molar-refractivity contribution in [1.29, 1.82) is 0 Å². The molecule has 1 N–H and O–H groups in total. The van der Waals surface area contributed by atoms with E-state index in [1.54, 1.807) is 6.20 Å². The quantitative estimate of drug-likeness (QED) is 0.917. The van der Waals surface area contributed by atoms with Gasteiger partial charge in [-0.2, -0.15) is 0 Å². The predicted octanol–water partition coefficient (Wildman–Crippen LogP) is 3.42. The van der Waals surface area contributed by atoms with E-state index >= 15 is 0 Å². The van der Waals surface area contributed by atoms with Crippen LogP contribution in [-0.4, -0.2) is 20.4 Å². The molecule has 0 spiro atoms. The average Bonchev–Trinajstić information content (AvgIpc) is 3.44. The van der Waals surface area contributed by atoms with Crippen molar-refractivity contribution in [2.45, 2.75) is 58.5 Å². The van der Waals surface area contributed by atoms with Crippen LogP contribution >= 0.6 is 0 Å². The summed E-state index contributed by atoms with van der Waals surface area (Å²) in [4.78, 5) is 21.8. The molecule has 5 heteroatoms. The second-order valence-electron chi connectivity index (χ2n) is 7.23. The second kappa shape index (κ2) is 5.72. The number of aromatic nitrogens is 3. The minimum atomic E-state index is -0.0821. The highest BCUT2D eigenvalue weighted by atomic mass is 16.1. The standard InChI is InChI=1S/C19H24N4O/c1-11-8-9-20-18(21-11)17(14-4-5-14)22-19(24)16-10-12(2)23(13(16)3)15-6-7-15/h8-10,14-15,17H,4-7H2,1-3H3,(H,22,24)/t17-/m1/s1. The van der Waals surface area contributed by atoms with Crippen LogP contribution in [0.4, 0.5) is 0 Å². The first-order chi connectivity index (χ1) is 11.5. The number of rotatable bonds is 5. The van der Waals surface area contributed by atoms with E-state index in [9.17, 15) is 4.79 Å². The third kappa shape index (κ3) is 2.83. The molecule has 24 heavy (non-hydrogen) atoms. The molecule has 2 aromatic rings. The van der Waals surface area contributed by atoms with Gasteiger partial charge in [0.05, 0.1) is 11.6 Å². The van der Waals surface area contributed by atoms with E-state index in [0.29, 0.717) is 12.0 Å². The number of amides is 1. The third-order valence-corrected chi connectivity index (χ3v) is 5.11. The maximum Gasteiger partial charge on any atom is 0.253 e. The zero-order valence-electron chi connectivity index (χ0n) is 14.5. The lowest BCUT2D eigenvalue weighted by Gasteiger charge is -2.17. The first kappa shape index (κ1) is 15.4. The van der Waals surface area contributed by atoms with E-state index < -0.39 is 0 Å². The van der Waals surface area contributed by atoms with Gasteiger partial charge in [-0.25, -0.2) is 9.97 Å². The SMILES string of the molecule is Cc1ccnc([C@H](NC(=O)c2cc(C)n(C3CC3)c2C)C2CC2)n1. The summed E-state index contributed by atoms with van der Waals surface area (Å²) in [6.45, 7) is 6.10. The maximum absolute atomic E-state index is 12.9. The van der Waals surface area contributed by atoms with E-state index in [4.69, 9.17) is 0 Å². The van der Waals surface area contributed by atoms with E-state index in [1.165, 1.54) is 18.5 Å². The molecule has 126 valence electrons. The van der Waals surface area contributed by atoms with E-state index in [0.717, 1.165) is 35.6 Å². The van der Waals surface area contributed by atoms with Gasteiger partial charge in [-0.05, 0) is 64.5 Å². The number of hydrogen-bond acceptors (Lipinski definition) is 3. The van der Waals surface area contributed by atoms with Crippen molar-refractivity contribution in [3.63, 3.8) is 0 Å². The molecule has 0 aliphatic heterocycles. The lowest BCUT2D eigenvalue weighted by Crippen LogP contribution is -2.31. The van der Waals surface area contributed by atoms with Crippen LogP contribution in [0.15, 0.2) is 18.3 Å². The van der Waals surface area contributed by atoms with Crippen LogP contribution in [0.25, 0.3) is 0 Å². The van der Waals surface area contributed by atoms with Gasteiger partial charge in [0.25, 0.3) is 5.91 Å². The minimum Gasteiger partial charge on any atom is -0.345 e. The molecule has 4 rings (SSSR count). The molecule has 2 aliphatic carbocycles. The van der Waals surface area contributed by atoms with E-state index in [2.05, 4.69) is 33.7 Å². The fraction of sp³-hybridized carbons (Fsp3) is 0.526. The van der Waals surface area contributed by atoms with Crippen LogP contribution in [0.5, 0.6) is 0 Å². The zero-order valence-corrected chi connectivity index (χ0v) is 14.5. The largest absolute Gasteiger partial charge is 0.345 e. The Kier molecular flexibility index (Phi) is 3.66. The van der Waals surface area contributed by atoms with Crippen molar-refractivity contribution >= 4 is 5.91 Å². The van der Waals surface area contributed by atoms with Gasteiger partial charge in [0.1, 0.15) is 0 Å². The molecule has 1 atom stereocenters. The summed E-state index contributed by atoms with van der Waals surface area (Å²) in [5.74, 6) is 1.20. The number of aryl methyl sites for hydroxylation is 2. The van der Waals surface area contributed by atoms with Crippen molar-refractivity contribution < 1.29 is 4.79 Å². The molecule has 2 aromatic heterocycles. The molecule has 2 fully saturated rings. The van der Waals surface area contributed by atoms with Gasteiger partial charge in [-0.15, -0.1) is 0 Å². The minimum absolute atomic E-state index is 0.00277. The first-order valence-electron chi connectivity index (χ1n) is 8.83. The Balaban J connectivity index is 1.59. The molecule has 0 saturated heterocycles. The van der Waals surface area contributed by atoms with Gasteiger partial charge in [-0.1, -0.05) is 0 Å². The van der Waals surface area contributed by atoms with Crippen LogP contribution in [0.2, 0.25) is 0 Å². The number of carbonyl (C=O) groups is 1. The van der Waals surface area contributed by atoms with Gasteiger partial charge in [0.15, 0.2) is 5.82 Å². The normalized spacial score (nSPS) is 18.5. The Morgan fingerprint density at radius 2 is 2.00 bits per heavy atom. The van der Waals surface area contributed by atoms with Crippen molar-refractivity contribution in [3.05, 3.63) is 46.8 Å². The molecule has 5 nitrogen and oxygen atoms in total. The van der Waals surface area contributed by atoms with Gasteiger partial charge >= 0.3 is 0 Å². The maximum atomic E-state index is 12.9. The van der Waals surface area contributed by atoms with Crippen LogP contribution in [0.1, 0.15) is 71.0 Å². The topological polar surface area (TPSA) is 59.8 Å². The monoisotopic (exact) mass is 324 g/mol. The number of nitrogens with zero attached hydrogens (tertiary/aromatic N) is 3. The highest BCUT2D eigenvalue weighted by Gasteiger charge is 2.36. The molecule has 1 amide bonds. The molecule has 0 unspecified atom stereocenters. The fourth-order valence-electron chi connectivity index (χ4n) is 3.56. The summed E-state index contributed by atoms with van der Waals surface area (Å²) in [5.41, 5.74) is 3.98. The lowest BCUT2D eigenvalue weighted by atomic mass is 10.1. The van der Waals surface area contributed by atoms with Crippen LogP contribution in [-0.2, 0) is 0 Å². The van der Waals surface area contributed by atoms with Crippen molar-refractivity contribution in [2.75, 3.05) is 0 Å². The summed E-state index contributed by atoms with van der Waals surface area (Å²) >= 11 is 0. The van der Waals surface area contributed by atoms with E-state index in [1.807, 2.05) is 19.1 Å². The van der Waals surface area contributed by atoms with Gasteiger partial charge in [0, 0.05) is 29.3 Å². The summed E-state index contributed by atoms with van der Waals surface area (Å²) in [6, 6.07) is 4.41. The molecule has 0 bridgehead atoms. The summed E-state index contributed by atoms with van der Waals surface area (Å²) in [6.07, 6.45) is 6.48. The Bertz CT molecular complexity index is 787. The Morgan fingerprint density at radius 1 is 1.25 bits per heavy atom. The zero-order chi connectivity index (χ0) is 16.8. The average molecular weight is 324 g/mol. The molecule has 2 aliphatic rings. The molecular weight excluding hydrogens is 300 g/mol. The van der Waals surface area contributed by atoms with Gasteiger partial charge in [-0.3, -0.25) is 4.79 Å². The highest BCUT2D eigenvalue weighted by Crippen LogP contribution is 2.41. The highest BCUT2D eigenvalue weighted by molar-refractivity contribution is 5.96. The summed E-state index contributed by atoms with van der Waals surface area (Å²) in [7, 11) is 0.